The van der Waals surface area contributed by atoms with E-state index in [4.69, 9.17) is 0 Å². The molecule has 18 heavy (non-hydrogen) atoms. The first kappa shape index (κ1) is 12.4. The van der Waals surface area contributed by atoms with Crippen LogP contribution in [-0.4, -0.2) is 15.7 Å². The normalized spacial score (nSPS) is 10.4. The maximum absolute atomic E-state index is 11.9. The summed E-state index contributed by atoms with van der Waals surface area (Å²) in [6.45, 7) is 4.43. The molecule has 0 fully saturated rings. The summed E-state index contributed by atoms with van der Waals surface area (Å²) in [5.74, 6) is -0.0612. The Morgan fingerprint density at radius 2 is 1.94 bits per heavy atom. The maximum atomic E-state index is 11.9. The van der Waals surface area contributed by atoms with E-state index in [0.717, 1.165) is 17.0 Å². The topological polar surface area (TPSA) is 46.9 Å². The van der Waals surface area contributed by atoms with Crippen LogP contribution in [0.1, 0.15) is 27.3 Å². The largest absolute Gasteiger partial charge is 0.346 e. The van der Waals surface area contributed by atoms with Crippen LogP contribution in [0, 0.1) is 13.8 Å². The summed E-state index contributed by atoms with van der Waals surface area (Å²) in [7, 11) is 1.88. The first-order valence-corrected chi connectivity index (χ1v) is 5.90. The second-order valence-corrected chi connectivity index (χ2v) is 4.45. The van der Waals surface area contributed by atoms with Gasteiger partial charge >= 0.3 is 0 Å². The minimum atomic E-state index is -0.0612. The summed E-state index contributed by atoms with van der Waals surface area (Å²) in [5, 5.41) is 7.13. The van der Waals surface area contributed by atoms with Crippen LogP contribution in [0.15, 0.2) is 30.3 Å². The van der Waals surface area contributed by atoms with Crippen molar-refractivity contribution in [3.63, 3.8) is 0 Å². The predicted molar refractivity (Wildman–Crippen MR) is 70.3 cm³/mol. The molecule has 4 heteroatoms. The number of carbonyl (C=O) groups is 1. The molecule has 4 nitrogen and oxygen atoms in total. The van der Waals surface area contributed by atoms with Crippen molar-refractivity contribution in [2.75, 3.05) is 0 Å². The van der Waals surface area contributed by atoms with Crippen molar-refractivity contribution in [2.24, 2.45) is 7.05 Å². The van der Waals surface area contributed by atoms with Crippen LogP contribution in [0.4, 0.5) is 0 Å². The number of hydrogen-bond donors (Lipinski definition) is 1. The predicted octanol–water partition coefficient (Wildman–Crippen LogP) is 1.97. The first-order valence-electron chi connectivity index (χ1n) is 5.90. The van der Waals surface area contributed by atoms with Gasteiger partial charge in [0.2, 0.25) is 0 Å². The van der Waals surface area contributed by atoms with Crippen LogP contribution in [0.25, 0.3) is 0 Å². The molecular weight excluding hydrogens is 226 g/mol. The average molecular weight is 243 g/mol. The smallest absolute Gasteiger partial charge is 0.251 e. The molecule has 0 radical (unpaired) electrons. The van der Waals surface area contributed by atoms with Crippen LogP contribution in [0.3, 0.4) is 0 Å². The molecule has 0 saturated heterocycles. The number of rotatable bonds is 3. The molecule has 0 atom stereocenters. The van der Waals surface area contributed by atoms with Crippen molar-refractivity contribution in [2.45, 2.75) is 20.4 Å². The fourth-order valence-electron chi connectivity index (χ4n) is 1.81. The monoisotopic (exact) mass is 243 g/mol. The lowest BCUT2D eigenvalue weighted by Gasteiger charge is -2.05. The molecule has 1 amide bonds. The van der Waals surface area contributed by atoms with Gasteiger partial charge in [0.25, 0.3) is 5.91 Å². The standard InChI is InChI=1S/C14H17N3O/c1-10-4-6-12(7-5-10)14(18)15-9-13-8-11(2)16-17(13)3/h4-8H,9H2,1-3H3,(H,15,18). The van der Waals surface area contributed by atoms with Crippen LogP contribution >= 0.6 is 0 Å². The van der Waals surface area contributed by atoms with Gasteiger partial charge in [0, 0.05) is 12.6 Å². The van der Waals surface area contributed by atoms with E-state index < -0.39 is 0 Å². The Morgan fingerprint density at radius 3 is 2.50 bits per heavy atom. The van der Waals surface area contributed by atoms with E-state index in [9.17, 15) is 4.79 Å². The average Bonchev–Trinajstić information content (AvgIpc) is 2.66. The highest BCUT2D eigenvalue weighted by Crippen LogP contribution is 2.05. The van der Waals surface area contributed by atoms with Gasteiger partial charge in [0.15, 0.2) is 0 Å². The lowest BCUT2D eigenvalue weighted by Crippen LogP contribution is -2.23. The third-order valence-electron chi connectivity index (χ3n) is 2.84. The Morgan fingerprint density at radius 1 is 1.28 bits per heavy atom. The molecule has 0 bridgehead atoms. The number of amides is 1. The molecule has 0 spiro atoms. The van der Waals surface area contributed by atoms with Gasteiger partial charge in [0.1, 0.15) is 0 Å². The lowest BCUT2D eigenvalue weighted by molar-refractivity contribution is 0.0950. The van der Waals surface area contributed by atoms with Crippen LogP contribution in [0.5, 0.6) is 0 Å². The molecule has 1 heterocycles. The van der Waals surface area contributed by atoms with Crippen molar-refractivity contribution in [1.29, 1.82) is 0 Å². The molecule has 2 rings (SSSR count). The Hall–Kier alpha value is -2.10. The van der Waals surface area contributed by atoms with Gasteiger partial charge in [-0.15, -0.1) is 0 Å². The number of nitrogens with zero attached hydrogens (tertiary/aromatic N) is 2. The maximum Gasteiger partial charge on any atom is 0.251 e. The summed E-state index contributed by atoms with van der Waals surface area (Å²) >= 11 is 0. The van der Waals surface area contributed by atoms with E-state index in [1.165, 1.54) is 0 Å². The zero-order chi connectivity index (χ0) is 13.1. The molecule has 0 aliphatic carbocycles. The summed E-state index contributed by atoms with van der Waals surface area (Å²) in [6, 6.07) is 9.50. The lowest BCUT2D eigenvalue weighted by atomic mass is 10.1. The number of nitrogens with one attached hydrogen (secondary N) is 1. The van der Waals surface area contributed by atoms with Crippen molar-refractivity contribution in [3.8, 4) is 0 Å². The van der Waals surface area contributed by atoms with E-state index >= 15 is 0 Å². The van der Waals surface area contributed by atoms with Crippen LogP contribution < -0.4 is 5.32 Å². The fraction of sp³-hybridized carbons (Fsp3) is 0.286. The SMILES string of the molecule is Cc1ccc(C(=O)NCc2cc(C)nn2C)cc1. The molecule has 0 unspecified atom stereocenters. The Kier molecular flexibility index (Phi) is 3.46. The Labute approximate surface area is 107 Å². The van der Waals surface area contributed by atoms with Gasteiger partial charge in [0.05, 0.1) is 17.9 Å². The minimum absolute atomic E-state index is 0.0612. The molecule has 1 aromatic carbocycles. The summed E-state index contributed by atoms with van der Waals surface area (Å²) in [4.78, 5) is 11.9. The third-order valence-corrected chi connectivity index (χ3v) is 2.84. The van der Waals surface area contributed by atoms with Gasteiger partial charge in [-0.2, -0.15) is 5.10 Å². The van der Waals surface area contributed by atoms with Gasteiger partial charge in [-0.25, -0.2) is 0 Å². The van der Waals surface area contributed by atoms with Crippen LogP contribution in [-0.2, 0) is 13.6 Å². The van der Waals surface area contributed by atoms with Crippen molar-refractivity contribution >= 4 is 5.91 Å². The number of aryl methyl sites for hydroxylation is 3. The second-order valence-electron chi connectivity index (χ2n) is 4.45. The van der Waals surface area contributed by atoms with Crippen molar-refractivity contribution < 1.29 is 4.79 Å². The molecule has 0 aliphatic heterocycles. The number of carbonyl (C=O) groups excluding carboxylic acids is 1. The second kappa shape index (κ2) is 5.04. The van der Waals surface area contributed by atoms with E-state index in [-0.39, 0.29) is 5.91 Å². The van der Waals surface area contributed by atoms with Crippen molar-refractivity contribution in [3.05, 3.63) is 52.8 Å². The summed E-state index contributed by atoms with van der Waals surface area (Å²) in [6.07, 6.45) is 0. The summed E-state index contributed by atoms with van der Waals surface area (Å²) in [5.41, 5.74) is 3.78. The number of hydrogen-bond acceptors (Lipinski definition) is 2. The van der Waals surface area contributed by atoms with Crippen LogP contribution in [0.2, 0.25) is 0 Å². The molecule has 94 valence electrons. The molecule has 1 aromatic heterocycles. The van der Waals surface area contributed by atoms with E-state index in [2.05, 4.69) is 10.4 Å². The van der Waals surface area contributed by atoms with E-state index in [1.54, 1.807) is 4.68 Å². The van der Waals surface area contributed by atoms with Gasteiger partial charge in [-0.1, -0.05) is 17.7 Å². The van der Waals surface area contributed by atoms with E-state index in [1.807, 2.05) is 51.2 Å². The molecule has 1 N–H and O–H groups in total. The quantitative estimate of drug-likeness (QED) is 0.895. The van der Waals surface area contributed by atoms with Crippen molar-refractivity contribution in [1.82, 2.24) is 15.1 Å². The molecular formula is C14H17N3O. The highest BCUT2D eigenvalue weighted by molar-refractivity contribution is 5.94. The Bertz CT molecular complexity index is 555. The van der Waals surface area contributed by atoms with Gasteiger partial charge in [-0.3, -0.25) is 9.48 Å². The number of benzene rings is 1. The zero-order valence-electron chi connectivity index (χ0n) is 10.9. The number of aromatic nitrogens is 2. The third kappa shape index (κ3) is 2.77. The minimum Gasteiger partial charge on any atom is -0.346 e. The molecule has 0 aliphatic rings. The highest BCUT2D eigenvalue weighted by Gasteiger charge is 2.07. The highest BCUT2D eigenvalue weighted by atomic mass is 16.1. The van der Waals surface area contributed by atoms with E-state index in [0.29, 0.717) is 12.1 Å². The molecule has 2 aromatic rings. The van der Waals surface area contributed by atoms with Gasteiger partial charge < -0.3 is 5.32 Å². The fourth-order valence-corrected chi connectivity index (χ4v) is 1.81. The zero-order valence-corrected chi connectivity index (χ0v) is 10.9. The Balaban J connectivity index is 2.00. The van der Waals surface area contributed by atoms with Gasteiger partial charge in [-0.05, 0) is 32.0 Å². The molecule has 0 saturated carbocycles. The first-order chi connectivity index (χ1) is 8.56. The summed E-state index contributed by atoms with van der Waals surface area (Å²) < 4.78 is 1.78.